The van der Waals surface area contributed by atoms with Crippen molar-refractivity contribution in [3.63, 3.8) is 0 Å². The molecule has 0 amide bonds. The maximum Gasteiger partial charge on any atom is 0.306 e. The van der Waals surface area contributed by atoms with Crippen molar-refractivity contribution in [3.05, 3.63) is 29.8 Å². The average Bonchev–Trinajstić information content (AvgIpc) is 3.19. The van der Waals surface area contributed by atoms with Crippen LogP contribution in [0.25, 0.3) is 0 Å². The molecule has 0 heterocycles. The van der Waals surface area contributed by atoms with Gasteiger partial charge in [0.15, 0.2) is 9.84 Å². The van der Waals surface area contributed by atoms with Crippen LogP contribution in [0.15, 0.2) is 29.2 Å². The van der Waals surface area contributed by atoms with E-state index in [1.807, 2.05) is 19.9 Å². The van der Waals surface area contributed by atoms with Crippen LogP contribution >= 0.6 is 0 Å². The summed E-state index contributed by atoms with van der Waals surface area (Å²) in [6.45, 7) is 3.89. The Hall–Kier alpha value is -1.36. The fraction of sp³-hybridized carbons (Fsp3) is 0.562. The number of aliphatic carboxylic acids is 1. The lowest BCUT2D eigenvalue weighted by Gasteiger charge is -2.12. The number of carbonyl (C=O) groups is 1. The van der Waals surface area contributed by atoms with E-state index in [9.17, 15) is 13.2 Å². The molecule has 116 valence electrons. The predicted molar refractivity (Wildman–Crippen MR) is 80.9 cm³/mol. The van der Waals surface area contributed by atoms with Crippen LogP contribution in [0.2, 0.25) is 0 Å². The van der Waals surface area contributed by atoms with E-state index >= 15 is 0 Å². The van der Waals surface area contributed by atoms with E-state index in [2.05, 4.69) is 0 Å². The number of carboxylic acid groups (broad SMARTS) is 1. The molecule has 0 spiro atoms. The Morgan fingerprint density at radius 1 is 1.43 bits per heavy atom. The zero-order chi connectivity index (χ0) is 15.6. The first-order valence-electron chi connectivity index (χ1n) is 7.39. The highest BCUT2D eigenvalue weighted by molar-refractivity contribution is 7.91. The lowest BCUT2D eigenvalue weighted by molar-refractivity contribution is -0.139. The Morgan fingerprint density at radius 2 is 2.14 bits per heavy atom. The quantitative estimate of drug-likeness (QED) is 0.840. The van der Waals surface area contributed by atoms with Crippen molar-refractivity contribution < 1.29 is 18.3 Å². The highest BCUT2D eigenvalue weighted by Crippen LogP contribution is 2.45. The molecule has 21 heavy (non-hydrogen) atoms. The number of hydrogen-bond donors (Lipinski definition) is 1. The number of hydrogen-bond acceptors (Lipinski definition) is 3. The van der Waals surface area contributed by atoms with E-state index in [1.54, 1.807) is 18.2 Å². The van der Waals surface area contributed by atoms with Gasteiger partial charge in [-0.3, -0.25) is 4.79 Å². The van der Waals surface area contributed by atoms with Gasteiger partial charge in [-0.25, -0.2) is 8.42 Å². The van der Waals surface area contributed by atoms with Crippen LogP contribution in [0.1, 0.15) is 32.3 Å². The maximum absolute atomic E-state index is 12.1. The highest BCUT2D eigenvalue weighted by atomic mass is 32.2. The summed E-state index contributed by atoms with van der Waals surface area (Å²) in [5.74, 6) is -0.290. The first kappa shape index (κ1) is 16.0. The van der Waals surface area contributed by atoms with Gasteiger partial charge in [-0.05, 0) is 48.8 Å². The molecule has 5 heteroatoms. The largest absolute Gasteiger partial charge is 0.481 e. The molecule has 1 saturated carbocycles. The molecule has 1 N–H and O–H groups in total. The Balaban J connectivity index is 2.07. The molecular weight excluding hydrogens is 288 g/mol. The number of benzene rings is 1. The van der Waals surface area contributed by atoms with Gasteiger partial charge >= 0.3 is 5.97 Å². The van der Waals surface area contributed by atoms with E-state index in [4.69, 9.17) is 5.11 Å². The van der Waals surface area contributed by atoms with E-state index in [1.165, 1.54) is 0 Å². The SMILES string of the molecule is CCCS(=O)(=O)c1cccc(CC(C)C2CC2C(=O)O)c1. The van der Waals surface area contributed by atoms with Gasteiger partial charge in [-0.2, -0.15) is 0 Å². The third-order valence-electron chi connectivity index (χ3n) is 4.18. The second kappa shape index (κ2) is 6.18. The van der Waals surface area contributed by atoms with Crippen LogP contribution < -0.4 is 0 Å². The van der Waals surface area contributed by atoms with Crippen LogP contribution in [0.3, 0.4) is 0 Å². The number of rotatable bonds is 7. The number of sulfone groups is 1. The topological polar surface area (TPSA) is 71.4 Å². The molecule has 1 aromatic rings. The van der Waals surface area contributed by atoms with Gasteiger partial charge in [0.25, 0.3) is 0 Å². The van der Waals surface area contributed by atoms with Gasteiger partial charge in [0.2, 0.25) is 0 Å². The summed E-state index contributed by atoms with van der Waals surface area (Å²) in [4.78, 5) is 11.3. The molecule has 3 atom stereocenters. The van der Waals surface area contributed by atoms with Crippen LogP contribution in [0.5, 0.6) is 0 Å². The van der Waals surface area contributed by atoms with E-state index in [0.717, 1.165) is 18.4 Å². The average molecular weight is 310 g/mol. The van der Waals surface area contributed by atoms with Crippen LogP contribution in [0.4, 0.5) is 0 Å². The lowest BCUT2D eigenvalue weighted by Crippen LogP contribution is -2.10. The van der Waals surface area contributed by atoms with Crippen LogP contribution in [-0.4, -0.2) is 25.2 Å². The second-order valence-electron chi connectivity index (χ2n) is 5.99. The molecule has 2 rings (SSSR count). The zero-order valence-electron chi connectivity index (χ0n) is 12.5. The van der Waals surface area contributed by atoms with Gasteiger partial charge in [-0.1, -0.05) is 26.0 Å². The van der Waals surface area contributed by atoms with Crippen molar-refractivity contribution in [2.75, 3.05) is 5.75 Å². The molecule has 0 aromatic heterocycles. The smallest absolute Gasteiger partial charge is 0.306 e. The molecule has 3 unspecified atom stereocenters. The summed E-state index contributed by atoms with van der Waals surface area (Å²) < 4.78 is 24.2. The molecule has 1 fully saturated rings. The van der Waals surface area contributed by atoms with Gasteiger partial charge in [0.1, 0.15) is 0 Å². The minimum absolute atomic E-state index is 0.162. The fourth-order valence-corrected chi connectivity index (χ4v) is 4.29. The van der Waals surface area contributed by atoms with E-state index < -0.39 is 15.8 Å². The maximum atomic E-state index is 12.1. The molecule has 0 radical (unpaired) electrons. The summed E-state index contributed by atoms with van der Waals surface area (Å²) >= 11 is 0. The Labute approximate surface area is 126 Å². The van der Waals surface area contributed by atoms with Crippen LogP contribution in [-0.2, 0) is 21.1 Å². The van der Waals surface area contributed by atoms with Crippen molar-refractivity contribution in [2.24, 2.45) is 17.8 Å². The fourth-order valence-electron chi connectivity index (χ4n) is 2.90. The van der Waals surface area contributed by atoms with Crippen molar-refractivity contribution >= 4 is 15.8 Å². The van der Waals surface area contributed by atoms with Gasteiger partial charge in [0.05, 0.1) is 16.6 Å². The monoisotopic (exact) mass is 310 g/mol. The molecule has 0 bridgehead atoms. The first-order valence-corrected chi connectivity index (χ1v) is 9.05. The molecule has 1 aliphatic rings. The third-order valence-corrected chi connectivity index (χ3v) is 6.09. The standard InChI is InChI=1S/C16H22O4S/c1-3-7-21(19,20)13-6-4-5-12(9-13)8-11(2)14-10-15(14)16(17)18/h4-6,9,11,14-15H,3,7-8,10H2,1-2H3,(H,17,18). The van der Waals surface area contributed by atoms with E-state index in [-0.39, 0.29) is 23.5 Å². The van der Waals surface area contributed by atoms with Crippen LogP contribution in [0, 0.1) is 17.8 Å². The molecule has 0 aliphatic heterocycles. The molecule has 1 aromatic carbocycles. The second-order valence-corrected chi connectivity index (χ2v) is 8.10. The number of carboxylic acids is 1. The zero-order valence-corrected chi connectivity index (χ0v) is 13.3. The Morgan fingerprint density at radius 3 is 2.71 bits per heavy atom. The minimum Gasteiger partial charge on any atom is -0.481 e. The van der Waals surface area contributed by atoms with Gasteiger partial charge in [0, 0.05) is 0 Å². The van der Waals surface area contributed by atoms with Crippen molar-refractivity contribution in [2.45, 2.75) is 38.0 Å². The molecule has 0 saturated heterocycles. The summed E-state index contributed by atoms with van der Waals surface area (Å²) in [5.41, 5.74) is 0.968. The minimum atomic E-state index is -3.19. The third kappa shape index (κ3) is 3.84. The predicted octanol–water partition coefficient (Wildman–Crippen LogP) is 2.77. The first-order chi connectivity index (χ1) is 9.85. The lowest BCUT2D eigenvalue weighted by atomic mass is 9.95. The molecule has 1 aliphatic carbocycles. The molecule has 4 nitrogen and oxygen atoms in total. The van der Waals surface area contributed by atoms with Crippen molar-refractivity contribution in [1.29, 1.82) is 0 Å². The summed E-state index contributed by atoms with van der Waals surface area (Å²) in [7, 11) is -3.19. The summed E-state index contributed by atoms with van der Waals surface area (Å²) in [6, 6.07) is 7.06. The van der Waals surface area contributed by atoms with Gasteiger partial charge in [-0.15, -0.1) is 0 Å². The normalized spacial score (nSPS) is 22.8. The Kier molecular flexibility index (Phi) is 4.71. The summed E-state index contributed by atoms with van der Waals surface area (Å²) in [5, 5.41) is 8.97. The van der Waals surface area contributed by atoms with Crippen molar-refractivity contribution in [3.8, 4) is 0 Å². The highest BCUT2D eigenvalue weighted by Gasteiger charge is 2.46. The van der Waals surface area contributed by atoms with Gasteiger partial charge < -0.3 is 5.11 Å². The molecular formula is C16H22O4S. The Bertz CT molecular complexity index is 621. The summed E-state index contributed by atoms with van der Waals surface area (Å²) in [6.07, 6.45) is 2.07. The van der Waals surface area contributed by atoms with E-state index in [0.29, 0.717) is 11.3 Å². The van der Waals surface area contributed by atoms with Crippen molar-refractivity contribution in [1.82, 2.24) is 0 Å².